The molecule has 1 atom stereocenters. The second-order valence-corrected chi connectivity index (χ2v) is 5.92. The summed E-state index contributed by atoms with van der Waals surface area (Å²) in [5.74, 6) is -0.954. The van der Waals surface area contributed by atoms with Crippen molar-refractivity contribution in [2.45, 2.75) is 5.92 Å². The van der Waals surface area contributed by atoms with E-state index in [1.165, 1.54) is 7.11 Å². The van der Waals surface area contributed by atoms with E-state index in [-0.39, 0.29) is 18.2 Å². The Hall–Kier alpha value is -2.86. The van der Waals surface area contributed by atoms with Gasteiger partial charge in [0.15, 0.2) is 0 Å². The van der Waals surface area contributed by atoms with Gasteiger partial charge in [-0.15, -0.1) is 0 Å². The summed E-state index contributed by atoms with van der Waals surface area (Å²) >= 11 is 5.84. The third kappa shape index (κ3) is 3.49. The smallest absolute Gasteiger partial charge is 0.352 e. The van der Waals surface area contributed by atoms with Crippen LogP contribution >= 0.6 is 11.6 Å². The van der Waals surface area contributed by atoms with Crippen LogP contribution in [0.15, 0.2) is 42.5 Å². The molecule has 1 saturated heterocycles. The monoisotopic (exact) mass is 358 g/mol. The van der Waals surface area contributed by atoms with Crippen LogP contribution in [0.1, 0.15) is 21.8 Å². The van der Waals surface area contributed by atoms with Crippen LogP contribution in [-0.2, 0) is 9.53 Å². The Labute approximate surface area is 149 Å². The number of cyclic esters (lactones) is 1. The van der Waals surface area contributed by atoms with Gasteiger partial charge in [0.05, 0.1) is 13.0 Å². The van der Waals surface area contributed by atoms with E-state index in [1.54, 1.807) is 42.5 Å². The maximum atomic E-state index is 12.5. The van der Waals surface area contributed by atoms with E-state index >= 15 is 0 Å². The highest BCUT2D eigenvalue weighted by Crippen LogP contribution is 2.33. The molecule has 2 aromatic carbocycles. The first-order valence-corrected chi connectivity index (χ1v) is 7.88. The van der Waals surface area contributed by atoms with Gasteiger partial charge >= 0.3 is 5.97 Å². The Bertz CT molecular complexity index is 849. The first-order valence-electron chi connectivity index (χ1n) is 7.50. The summed E-state index contributed by atoms with van der Waals surface area (Å²) in [5, 5.41) is 11.2. The number of esters is 1. The number of carbonyl (C=O) groups is 2. The number of amides is 1. The molecular formula is C18H15ClN2O4. The van der Waals surface area contributed by atoms with Crippen LogP contribution in [0.4, 0.5) is 5.69 Å². The molecule has 1 aliphatic heterocycles. The van der Waals surface area contributed by atoms with Crippen molar-refractivity contribution in [1.82, 2.24) is 0 Å². The normalized spacial score (nSPS) is 16.5. The SMILES string of the molecule is COc1ccc([C@H]2COC(=O)C2=N)c(NC(=O)c2ccc(Cl)cc2)c1. The van der Waals surface area contributed by atoms with E-state index in [4.69, 9.17) is 26.5 Å². The molecule has 2 N–H and O–H groups in total. The number of methoxy groups -OCH3 is 1. The van der Waals surface area contributed by atoms with E-state index in [2.05, 4.69) is 5.32 Å². The summed E-state index contributed by atoms with van der Waals surface area (Å²) < 4.78 is 10.1. The van der Waals surface area contributed by atoms with Crippen molar-refractivity contribution in [3.8, 4) is 5.75 Å². The maximum Gasteiger partial charge on any atom is 0.352 e. The molecule has 0 radical (unpaired) electrons. The lowest BCUT2D eigenvalue weighted by molar-refractivity contribution is -0.132. The first kappa shape index (κ1) is 17.0. The van der Waals surface area contributed by atoms with Crippen LogP contribution in [0.5, 0.6) is 5.75 Å². The van der Waals surface area contributed by atoms with Crippen molar-refractivity contribution in [3.05, 3.63) is 58.6 Å². The summed E-state index contributed by atoms with van der Waals surface area (Å²) in [6.07, 6.45) is 0. The Morgan fingerprint density at radius 1 is 1.28 bits per heavy atom. The summed E-state index contributed by atoms with van der Waals surface area (Å²) in [4.78, 5) is 24.0. The van der Waals surface area contributed by atoms with E-state index in [9.17, 15) is 9.59 Å². The van der Waals surface area contributed by atoms with Gasteiger partial charge in [-0.05, 0) is 35.9 Å². The third-order valence-electron chi connectivity index (χ3n) is 3.94. The topological polar surface area (TPSA) is 88.5 Å². The van der Waals surface area contributed by atoms with Crippen LogP contribution in [-0.4, -0.2) is 31.3 Å². The lowest BCUT2D eigenvalue weighted by Gasteiger charge is -2.16. The minimum atomic E-state index is -0.643. The largest absolute Gasteiger partial charge is 0.497 e. The van der Waals surface area contributed by atoms with Gasteiger partial charge in [0, 0.05) is 22.3 Å². The summed E-state index contributed by atoms with van der Waals surface area (Å²) in [6.45, 7) is 0.0772. The highest BCUT2D eigenvalue weighted by Gasteiger charge is 2.34. The molecule has 6 nitrogen and oxygen atoms in total. The highest BCUT2D eigenvalue weighted by molar-refractivity contribution is 6.39. The lowest BCUT2D eigenvalue weighted by Crippen LogP contribution is -2.17. The molecule has 0 aromatic heterocycles. The third-order valence-corrected chi connectivity index (χ3v) is 4.19. The molecule has 128 valence electrons. The van der Waals surface area contributed by atoms with Crippen molar-refractivity contribution in [2.75, 3.05) is 19.0 Å². The van der Waals surface area contributed by atoms with Gasteiger partial charge in [0.1, 0.15) is 18.1 Å². The highest BCUT2D eigenvalue weighted by atomic mass is 35.5. The van der Waals surface area contributed by atoms with Crippen molar-refractivity contribution in [1.29, 1.82) is 5.41 Å². The average Bonchev–Trinajstić information content (AvgIpc) is 2.94. The predicted octanol–water partition coefficient (Wildman–Crippen LogP) is 3.26. The fourth-order valence-electron chi connectivity index (χ4n) is 2.58. The molecule has 1 amide bonds. The van der Waals surface area contributed by atoms with Crippen LogP contribution in [0.2, 0.25) is 5.02 Å². The van der Waals surface area contributed by atoms with Crippen LogP contribution in [0.25, 0.3) is 0 Å². The zero-order valence-corrected chi connectivity index (χ0v) is 14.1. The number of ether oxygens (including phenoxy) is 2. The van der Waals surface area contributed by atoms with Crippen LogP contribution in [0.3, 0.4) is 0 Å². The van der Waals surface area contributed by atoms with Crippen molar-refractivity contribution < 1.29 is 19.1 Å². The Morgan fingerprint density at radius 2 is 2.00 bits per heavy atom. The molecule has 2 aromatic rings. The van der Waals surface area contributed by atoms with E-state index in [0.29, 0.717) is 27.6 Å². The zero-order chi connectivity index (χ0) is 18.0. The molecule has 0 unspecified atom stereocenters. The number of hydrogen-bond donors (Lipinski definition) is 2. The molecule has 0 spiro atoms. The van der Waals surface area contributed by atoms with E-state index < -0.39 is 11.9 Å². The Balaban J connectivity index is 1.93. The van der Waals surface area contributed by atoms with Crippen LogP contribution in [0, 0.1) is 5.41 Å². The molecule has 1 aliphatic rings. The van der Waals surface area contributed by atoms with Crippen molar-refractivity contribution in [3.63, 3.8) is 0 Å². The molecule has 1 fully saturated rings. The predicted molar refractivity (Wildman–Crippen MR) is 93.8 cm³/mol. The molecule has 0 saturated carbocycles. The fraction of sp³-hybridized carbons (Fsp3) is 0.167. The number of nitrogens with one attached hydrogen (secondary N) is 2. The summed E-state index contributed by atoms with van der Waals surface area (Å²) in [7, 11) is 1.52. The average molecular weight is 359 g/mol. The quantitative estimate of drug-likeness (QED) is 0.821. The van der Waals surface area contributed by atoms with Crippen molar-refractivity contribution in [2.24, 2.45) is 0 Å². The van der Waals surface area contributed by atoms with Gasteiger partial charge in [-0.2, -0.15) is 0 Å². The second-order valence-electron chi connectivity index (χ2n) is 5.48. The number of hydrogen-bond acceptors (Lipinski definition) is 5. The number of rotatable bonds is 4. The summed E-state index contributed by atoms with van der Waals surface area (Å²) in [5.41, 5.74) is 1.39. The van der Waals surface area contributed by atoms with Crippen LogP contribution < -0.4 is 10.1 Å². The Kier molecular flexibility index (Phi) is 4.72. The minimum absolute atomic E-state index is 0.0772. The van der Waals surface area contributed by atoms with Gasteiger partial charge in [-0.3, -0.25) is 10.2 Å². The zero-order valence-electron chi connectivity index (χ0n) is 13.3. The molecule has 25 heavy (non-hydrogen) atoms. The standard InChI is InChI=1S/C18H15ClN2O4/c1-24-12-6-7-13(14-9-25-18(23)16(14)20)15(8-12)21-17(22)10-2-4-11(19)5-3-10/h2-8,14,20H,9H2,1H3,(H,21,22)/t14-/m1/s1. The number of carbonyl (C=O) groups excluding carboxylic acids is 2. The maximum absolute atomic E-state index is 12.5. The molecule has 1 heterocycles. The fourth-order valence-corrected chi connectivity index (χ4v) is 2.70. The van der Waals surface area contributed by atoms with E-state index in [1.807, 2.05) is 0 Å². The lowest BCUT2D eigenvalue weighted by atomic mass is 9.94. The van der Waals surface area contributed by atoms with Gasteiger partial charge in [-0.25, -0.2) is 4.79 Å². The van der Waals surface area contributed by atoms with Gasteiger partial charge in [0.25, 0.3) is 5.91 Å². The summed E-state index contributed by atoms with van der Waals surface area (Å²) in [6, 6.07) is 11.6. The van der Waals surface area contributed by atoms with Crippen molar-refractivity contribution >= 4 is 34.9 Å². The Morgan fingerprint density at radius 3 is 2.60 bits per heavy atom. The van der Waals surface area contributed by atoms with Gasteiger partial charge < -0.3 is 14.8 Å². The van der Waals surface area contributed by atoms with E-state index in [0.717, 1.165) is 0 Å². The molecule has 0 bridgehead atoms. The van der Waals surface area contributed by atoms with Gasteiger partial charge in [-0.1, -0.05) is 17.7 Å². The molecule has 0 aliphatic carbocycles. The molecule has 7 heteroatoms. The number of anilines is 1. The second kappa shape index (κ2) is 6.94. The minimum Gasteiger partial charge on any atom is -0.497 e. The number of halogens is 1. The molecule has 3 rings (SSSR count). The molecular weight excluding hydrogens is 344 g/mol. The first-order chi connectivity index (χ1) is 12.0. The van der Waals surface area contributed by atoms with Gasteiger partial charge in [0.2, 0.25) is 0 Å². The number of benzene rings is 2.